The SMILES string of the molecule is CCOc1cc(Br)c(/C=C2\SC(=O)N([C@H](C)CC)C2=O)cc1OC. The first-order chi connectivity index (χ1) is 11.4. The number of nitrogens with zero attached hydrogens (tertiary/aromatic N) is 1. The van der Waals surface area contributed by atoms with Gasteiger partial charge in [0.05, 0.1) is 18.6 Å². The van der Waals surface area contributed by atoms with Crippen molar-refractivity contribution in [2.45, 2.75) is 33.2 Å². The number of thioether (sulfide) groups is 1. The van der Waals surface area contributed by atoms with Crippen LogP contribution in [0.3, 0.4) is 0 Å². The van der Waals surface area contributed by atoms with Crippen molar-refractivity contribution in [3.8, 4) is 11.5 Å². The van der Waals surface area contributed by atoms with Crippen LogP contribution in [0.2, 0.25) is 0 Å². The molecule has 2 rings (SSSR count). The molecule has 5 nitrogen and oxygen atoms in total. The zero-order chi connectivity index (χ0) is 17.9. The van der Waals surface area contributed by atoms with Gasteiger partial charge in [-0.15, -0.1) is 0 Å². The van der Waals surface area contributed by atoms with E-state index in [1.165, 1.54) is 4.90 Å². The van der Waals surface area contributed by atoms with E-state index in [9.17, 15) is 9.59 Å². The van der Waals surface area contributed by atoms with Crippen LogP contribution in [0.15, 0.2) is 21.5 Å². The first kappa shape index (κ1) is 18.9. The Balaban J connectivity index is 2.38. The predicted octanol–water partition coefficient (Wildman–Crippen LogP) is 4.69. The summed E-state index contributed by atoms with van der Waals surface area (Å²) >= 11 is 4.44. The fourth-order valence-corrected chi connectivity index (χ4v) is 3.63. The number of methoxy groups -OCH3 is 1. The molecule has 1 aliphatic rings. The molecular weight excluding hydrogens is 394 g/mol. The van der Waals surface area contributed by atoms with Gasteiger partial charge in [-0.05, 0) is 55.8 Å². The van der Waals surface area contributed by atoms with Gasteiger partial charge < -0.3 is 9.47 Å². The smallest absolute Gasteiger partial charge is 0.293 e. The van der Waals surface area contributed by atoms with Crippen molar-refractivity contribution in [1.29, 1.82) is 0 Å². The van der Waals surface area contributed by atoms with E-state index in [0.717, 1.165) is 28.2 Å². The molecule has 1 aromatic carbocycles. The Morgan fingerprint density at radius 2 is 2.00 bits per heavy atom. The summed E-state index contributed by atoms with van der Waals surface area (Å²) < 4.78 is 11.6. The van der Waals surface area contributed by atoms with Crippen molar-refractivity contribution in [2.24, 2.45) is 0 Å². The first-order valence-electron chi connectivity index (χ1n) is 7.70. The molecule has 7 heteroatoms. The van der Waals surface area contributed by atoms with Gasteiger partial charge in [-0.3, -0.25) is 14.5 Å². The van der Waals surface area contributed by atoms with Crippen LogP contribution in [0.5, 0.6) is 11.5 Å². The summed E-state index contributed by atoms with van der Waals surface area (Å²) in [5, 5.41) is -0.227. The maximum atomic E-state index is 12.5. The molecule has 2 amide bonds. The molecule has 1 aliphatic heterocycles. The van der Waals surface area contributed by atoms with Crippen LogP contribution in [0.25, 0.3) is 6.08 Å². The molecule has 1 aromatic rings. The first-order valence-corrected chi connectivity index (χ1v) is 9.31. The van der Waals surface area contributed by atoms with Gasteiger partial charge in [-0.2, -0.15) is 0 Å². The van der Waals surface area contributed by atoms with E-state index in [4.69, 9.17) is 9.47 Å². The lowest BCUT2D eigenvalue weighted by Crippen LogP contribution is -2.36. The zero-order valence-electron chi connectivity index (χ0n) is 14.1. The molecule has 1 atom stereocenters. The van der Waals surface area contributed by atoms with Crippen LogP contribution in [0, 0.1) is 0 Å². The number of carbonyl (C=O) groups is 2. The molecule has 24 heavy (non-hydrogen) atoms. The number of halogens is 1. The molecule has 0 N–H and O–H groups in total. The second-order valence-electron chi connectivity index (χ2n) is 5.27. The third-order valence-electron chi connectivity index (χ3n) is 3.72. The minimum atomic E-state index is -0.251. The summed E-state index contributed by atoms with van der Waals surface area (Å²) in [4.78, 5) is 26.3. The summed E-state index contributed by atoms with van der Waals surface area (Å²) in [7, 11) is 1.56. The minimum absolute atomic E-state index is 0.110. The highest BCUT2D eigenvalue weighted by Crippen LogP contribution is 2.38. The Kier molecular flexibility index (Phi) is 6.34. The largest absolute Gasteiger partial charge is 0.493 e. The van der Waals surface area contributed by atoms with Gasteiger partial charge in [0.15, 0.2) is 11.5 Å². The second-order valence-corrected chi connectivity index (χ2v) is 7.11. The van der Waals surface area contributed by atoms with Gasteiger partial charge in [0.25, 0.3) is 11.1 Å². The highest BCUT2D eigenvalue weighted by Gasteiger charge is 2.37. The number of imide groups is 1. The van der Waals surface area contributed by atoms with Gasteiger partial charge in [-0.25, -0.2) is 0 Å². The molecule has 1 fully saturated rings. The molecule has 0 aliphatic carbocycles. The van der Waals surface area contributed by atoms with E-state index in [1.807, 2.05) is 20.8 Å². The van der Waals surface area contributed by atoms with E-state index < -0.39 is 0 Å². The minimum Gasteiger partial charge on any atom is -0.493 e. The molecule has 0 bridgehead atoms. The number of rotatable bonds is 6. The highest BCUT2D eigenvalue weighted by atomic mass is 79.9. The maximum absolute atomic E-state index is 12.5. The van der Waals surface area contributed by atoms with Crippen LogP contribution >= 0.6 is 27.7 Å². The number of amides is 2. The molecule has 1 saturated heterocycles. The molecule has 0 aromatic heterocycles. The zero-order valence-corrected chi connectivity index (χ0v) is 16.5. The summed E-state index contributed by atoms with van der Waals surface area (Å²) in [5.74, 6) is 0.947. The average Bonchev–Trinajstić information content (AvgIpc) is 2.83. The van der Waals surface area contributed by atoms with Crippen LogP contribution < -0.4 is 9.47 Å². The number of carbonyl (C=O) groups excluding carboxylic acids is 2. The van der Waals surface area contributed by atoms with Crippen molar-refractivity contribution >= 4 is 44.9 Å². The number of hydrogen-bond donors (Lipinski definition) is 0. The molecule has 0 radical (unpaired) electrons. The molecule has 1 heterocycles. The predicted molar refractivity (Wildman–Crippen MR) is 99.4 cm³/mol. The summed E-state index contributed by atoms with van der Waals surface area (Å²) in [6.45, 7) is 6.24. The van der Waals surface area contributed by atoms with Crippen molar-refractivity contribution in [2.75, 3.05) is 13.7 Å². The lowest BCUT2D eigenvalue weighted by atomic mass is 10.1. The van der Waals surface area contributed by atoms with Gasteiger partial charge >= 0.3 is 0 Å². The molecule has 0 spiro atoms. The van der Waals surface area contributed by atoms with Crippen LogP contribution in [-0.4, -0.2) is 35.8 Å². The summed E-state index contributed by atoms with van der Waals surface area (Å²) in [5.41, 5.74) is 0.755. The lowest BCUT2D eigenvalue weighted by molar-refractivity contribution is -0.124. The van der Waals surface area contributed by atoms with E-state index in [-0.39, 0.29) is 17.2 Å². The van der Waals surface area contributed by atoms with Crippen molar-refractivity contribution in [3.05, 3.63) is 27.1 Å². The van der Waals surface area contributed by atoms with Gasteiger partial charge in [0.2, 0.25) is 0 Å². The van der Waals surface area contributed by atoms with Crippen molar-refractivity contribution in [3.63, 3.8) is 0 Å². The summed E-state index contributed by atoms with van der Waals surface area (Å²) in [6.07, 6.45) is 2.43. The van der Waals surface area contributed by atoms with Gasteiger partial charge in [-0.1, -0.05) is 22.9 Å². The maximum Gasteiger partial charge on any atom is 0.293 e. The van der Waals surface area contributed by atoms with Crippen molar-refractivity contribution < 1.29 is 19.1 Å². The van der Waals surface area contributed by atoms with Crippen molar-refractivity contribution in [1.82, 2.24) is 4.90 Å². The Bertz CT molecular complexity index is 689. The quantitative estimate of drug-likeness (QED) is 0.632. The standard InChI is InChI=1S/C17H20BrNO4S/c1-5-10(3)19-16(20)15(24-17(19)21)8-11-7-13(22-4)14(23-6-2)9-12(11)18/h7-10H,5-6H2,1-4H3/b15-8-/t10-/m1/s1. The van der Waals surface area contributed by atoms with Crippen LogP contribution in [-0.2, 0) is 4.79 Å². The van der Waals surface area contributed by atoms with E-state index >= 15 is 0 Å². The highest BCUT2D eigenvalue weighted by molar-refractivity contribution is 9.10. The normalized spacial score (nSPS) is 17.5. The third kappa shape index (κ3) is 3.78. The number of ether oxygens (including phenoxy) is 2. The number of benzene rings is 1. The topological polar surface area (TPSA) is 55.8 Å². The Hall–Kier alpha value is -1.47. The number of hydrogen-bond acceptors (Lipinski definition) is 5. The monoisotopic (exact) mass is 413 g/mol. The fourth-order valence-electron chi connectivity index (χ4n) is 2.27. The average molecular weight is 414 g/mol. The molecular formula is C17H20BrNO4S. The molecule has 0 unspecified atom stereocenters. The third-order valence-corrected chi connectivity index (χ3v) is 5.29. The van der Waals surface area contributed by atoms with E-state index in [1.54, 1.807) is 25.3 Å². The fraction of sp³-hybridized carbons (Fsp3) is 0.412. The Labute approximate surface area is 154 Å². The molecule has 0 saturated carbocycles. The van der Waals surface area contributed by atoms with Crippen LogP contribution in [0.4, 0.5) is 4.79 Å². The second kappa shape index (κ2) is 8.07. The van der Waals surface area contributed by atoms with E-state index in [0.29, 0.717) is 23.0 Å². The summed E-state index contributed by atoms with van der Waals surface area (Å²) in [6, 6.07) is 3.47. The van der Waals surface area contributed by atoms with Crippen LogP contribution in [0.1, 0.15) is 32.8 Å². The van der Waals surface area contributed by atoms with E-state index in [2.05, 4.69) is 15.9 Å². The Morgan fingerprint density at radius 3 is 2.58 bits per heavy atom. The molecule has 130 valence electrons. The lowest BCUT2D eigenvalue weighted by Gasteiger charge is -2.19. The van der Waals surface area contributed by atoms with Gasteiger partial charge in [0.1, 0.15) is 0 Å². The Morgan fingerprint density at radius 1 is 1.29 bits per heavy atom. The van der Waals surface area contributed by atoms with Gasteiger partial charge in [0, 0.05) is 10.5 Å².